The number of pyridine rings is 1. The molecule has 0 spiro atoms. The molecule has 1 heterocycles. The second kappa shape index (κ2) is 5.91. The van der Waals surface area contributed by atoms with Crippen LogP contribution in [0, 0.1) is 5.82 Å². The molecule has 0 unspecified atom stereocenters. The average Bonchev–Trinajstić information content (AvgIpc) is 2.42. The van der Waals surface area contributed by atoms with E-state index in [2.05, 4.69) is 26.2 Å². The van der Waals surface area contributed by atoms with Crippen LogP contribution in [0.3, 0.4) is 0 Å². The summed E-state index contributed by atoms with van der Waals surface area (Å²) in [6.07, 6.45) is -3.42. The number of rotatable bonds is 2. The number of nitrogens with two attached hydrogens (primary N) is 1. The molecule has 4 nitrogen and oxygen atoms in total. The minimum Gasteiger partial charge on any atom is -0.397 e. The van der Waals surface area contributed by atoms with Crippen LogP contribution in [-0.4, -0.2) is 10.9 Å². The van der Waals surface area contributed by atoms with Crippen LogP contribution >= 0.6 is 15.9 Å². The molecule has 1 amide bonds. The molecule has 0 aliphatic carbocycles. The highest BCUT2D eigenvalue weighted by Gasteiger charge is 2.30. The van der Waals surface area contributed by atoms with E-state index in [1.54, 1.807) is 0 Å². The standard InChI is InChI=1S/C13H8BrF4N3O/c14-11-8(15)3-6(5-20-11)12(22)21-10-2-1-7(4-9(10)19)13(16,17)18/h1-5H,19H2,(H,21,22). The maximum absolute atomic E-state index is 13.3. The Balaban J connectivity index is 2.23. The number of benzene rings is 1. The lowest BCUT2D eigenvalue weighted by Crippen LogP contribution is -2.15. The lowest BCUT2D eigenvalue weighted by molar-refractivity contribution is -0.137. The molecule has 9 heteroatoms. The van der Waals surface area contributed by atoms with Gasteiger partial charge in [-0.2, -0.15) is 13.2 Å². The first-order valence-corrected chi connectivity index (χ1v) is 6.57. The highest BCUT2D eigenvalue weighted by molar-refractivity contribution is 9.10. The van der Waals surface area contributed by atoms with Crippen LogP contribution in [-0.2, 0) is 6.18 Å². The van der Waals surface area contributed by atoms with Crippen molar-refractivity contribution < 1.29 is 22.4 Å². The van der Waals surface area contributed by atoms with Crippen LogP contribution in [0.15, 0.2) is 35.1 Å². The molecule has 116 valence electrons. The Morgan fingerprint density at radius 2 is 1.95 bits per heavy atom. The first-order valence-electron chi connectivity index (χ1n) is 5.77. The number of amides is 1. The van der Waals surface area contributed by atoms with Gasteiger partial charge in [-0.1, -0.05) is 0 Å². The summed E-state index contributed by atoms with van der Waals surface area (Å²) in [5, 5.41) is 2.30. The zero-order chi connectivity index (χ0) is 16.5. The summed E-state index contributed by atoms with van der Waals surface area (Å²) in [6, 6.07) is 3.45. The van der Waals surface area contributed by atoms with Crippen LogP contribution in [0.5, 0.6) is 0 Å². The summed E-state index contributed by atoms with van der Waals surface area (Å²) in [4.78, 5) is 15.5. The fourth-order valence-corrected chi connectivity index (χ4v) is 1.81. The third-order valence-electron chi connectivity index (χ3n) is 2.69. The highest BCUT2D eigenvalue weighted by atomic mass is 79.9. The van der Waals surface area contributed by atoms with Crippen LogP contribution in [0.4, 0.5) is 28.9 Å². The molecule has 0 fully saturated rings. The topological polar surface area (TPSA) is 68.0 Å². The summed E-state index contributed by atoms with van der Waals surface area (Å²) in [6.45, 7) is 0. The molecule has 0 radical (unpaired) electrons. The highest BCUT2D eigenvalue weighted by Crippen LogP contribution is 2.32. The van der Waals surface area contributed by atoms with Crippen LogP contribution in [0.2, 0.25) is 0 Å². The number of nitrogens with one attached hydrogen (secondary N) is 1. The number of carbonyl (C=O) groups is 1. The number of hydrogen-bond donors (Lipinski definition) is 2. The summed E-state index contributed by atoms with van der Waals surface area (Å²) in [7, 11) is 0. The molecular weight excluding hydrogens is 370 g/mol. The van der Waals surface area contributed by atoms with Gasteiger partial charge in [-0.3, -0.25) is 4.79 Å². The fourth-order valence-electron chi connectivity index (χ4n) is 1.59. The van der Waals surface area contributed by atoms with Gasteiger partial charge < -0.3 is 11.1 Å². The second-order valence-electron chi connectivity index (χ2n) is 4.25. The van der Waals surface area contributed by atoms with Gasteiger partial charge in [-0.05, 0) is 40.2 Å². The van der Waals surface area contributed by atoms with Crippen LogP contribution in [0.25, 0.3) is 0 Å². The van der Waals surface area contributed by atoms with Gasteiger partial charge in [0.1, 0.15) is 4.60 Å². The van der Waals surface area contributed by atoms with E-state index in [9.17, 15) is 22.4 Å². The maximum atomic E-state index is 13.3. The smallest absolute Gasteiger partial charge is 0.397 e. The van der Waals surface area contributed by atoms with Gasteiger partial charge in [0.25, 0.3) is 5.91 Å². The van der Waals surface area contributed by atoms with E-state index in [1.165, 1.54) is 0 Å². The van der Waals surface area contributed by atoms with E-state index in [1.807, 2.05) is 0 Å². The SMILES string of the molecule is Nc1cc(C(F)(F)F)ccc1NC(=O)c1cnc(Br)c(F)c1. The third-order valence-corrected chi connectivity index (χ3v) is 3.27. The molecule has 0 atom stereocenters. The summed E-state index contributed by atoms with van der Waals surface area (Å²) < 4.78 is 50.8. The first-order chi connectivity index (χ1) is 10.2. The van der Waals surface area contributed by atoms with E-state index < -0.39 is 23.5 Å². The van der Waals surface area contributed by atoms with E-state index >= 15 is 0 Å². The average molecular weight is 378 g/mol. The van der Waals surface area contributed by atoms with E-state index in [0.717, 1.165) is 24.4 Å². The molecule has 0 saturated heterocycles. The van der Waals surface area contributed by atoms with Crippen molar-refractivity contribution in [2.75, 3.05) is 11.1 Å². The minimum absolute atomic E-state index is 0.0127. The van der Waals surface area contributed by atoms with Crippen molar-refractivity contribution >= 4 is 33.2 Å². The van der Waals surface area contributed by atoms with Crippen molar-refractivity contribution in [3.8, 4) is 0 Å². The maximum Gasteiger partial charge on any atom is 0.416 e. The van der Waals surface area contributed by atoms with Gasteiger partial charge >= 0.3 is 6.18 Å². The Labute approximate surface area is 130 Å². The van der Waals surface area contributed by atoms with E-state index in [4.69, 9.17) is 5.73 Å². The van der Waals surface area contributed by atoms with Gasteiger partial charge in [0.05, 0.1) is 22.5 Å². The third kappa shape index (κ3) is 3.53. The number of carbonyl (C=O) groups excluding carboxylic acids is 1. The Bertz CT molecular complexity index is 734. The van der Waals surface area contributed by atoms with Crippen LogP contribution in [0.1, 0.15) is 15.9 Å². The largest absolute Gasteiger partial charge is 0.416 e. The Kier molecular flexibility index (Phi) is 4.36. The van der Waals surface area contributed by atoms with Crippen molar-refractivity contribution in [3.63, 3.8) is 0 Å². The number of nitrogens with zero attached hydrogens (tertiary/aromatic N) is 1. The monoisotopic (exact) mass is 377 g/mol. The predicted molar refractivity (Wildman–Crippen MR) is 75.7 cm³/mol. The summed E-state index contributed by atoms with van der Waals surface area (Å²) in [5.41, 5.74) is 4.19. The number of anilines is 2. The molecule has 22 heavy (non-hydrogen) atoms. The number of hydrogen-bond acceptors (Lipinski definition) is 3. The lowest BCUT2D eigenvalue weighted by Gasteiger charge is -2.12. The molecular formula is C13H8BrF4N3O. The quantitative estimate of drug-likeness (QED) is 0.474. The van der Waals surface area contributed by atoms with Crippen LogP contribution < -0.4 is 11.1 Å². The molecule has 2 rings (SSSR count). The van der Waals surface area contributed by atoms with Crippen molar-refractivity contribution in [3.05, 3.63) is 52.0 Å². The fraction of sp³-hybridized carbons (Fsp3) is 0.0769. The van der Waals surface area contributed by atoms with Gasteiger partial charge in [-0.15, -0.1) is 0 Å². The molecule has 0 aliphatic rings. The van der Waals surface area contributed by atoms with Gasteiger partial charge in [0.2, 0.25) is 0 Å². The minimum atomic E-state index is -4.53. The van der Waals surface area contributed by atoms with E-state index in [0.29, 0.717) is 6.07 Å². The molecule has 1 aromatic carbocycles. The zero-order valence-electron chi connectivity index (χ0n) is 10.7. The number of nitrogen functional groups attached to an aromatic ring is 1. The summed E-state index contributed by atoms with van der Waals surface area (Å²) >= 11 is 2.84. The van der Waals surface area contributed by atoms with Crippen molar-refractivity contribution in [1.82, 2.24) is 4.98 Å². The molecule has 0 saturated carbocycles. The number of aromatic nitrogens is 1. The lowest BCUT2D eigenvalue weighted by atomic mass is 10.1. The number of halogens is 5. The zero-order valence-corrected chi connectivity index (χ0v) is 12.3. The Morgan fingerprint density at radius 3 is 2.50 bits per heavy atom. The normalized spacial score (nSPS) is 11.3. The number of alkyl halides is 3. The van der Waals surface area contributed by atoms with Gasteiger partial charge in [0, 0.05) is 6.20 Å². The van der Waals surface area contributed by atoms with Crippen molar-refractivity contribution in [2.45, 2.75) is 6.18 Å². The first kappa shape index (κ1) is 16.2. The molecule has 3 N–H and O–H groups in total. The van der Waals surface area contributed by atoms with E-state index in [-0.39, 0.29) is 21.5 Å². The van der Waals surface area contributed by atoms with Gasteiger partial charge in [0.15, 0.2) is 5.82 Å². The Hall–Kier alpha value is -2.16. The predicted octanol–water partition coefficient (Wildman–Crippen LogP) is 3.84. The molecule has 1 aromatic heterocycles. The van der Waals surface area contributed by atoms with Gasteiger partial charge in [-0.25, -0.2) is 9.37 Å². The summed E-state index contributed by atoms with van der Waals surface area (Å²) in [5.74, 6) is -1.49. The van der Waals surface area contributed by atoms with Crippen molar-refractivity contribution in [1.29, 1.82) is 0 Å². The molecule has 0 bridgehead atoms. The Morgan fingerprint density at radius 1 is 1.27 bits per heavy atom. The molecule has 2 aromatic rings. The van der Waals surface area contributed by atoms with Crippen molar-refractivity contribution in [2.24, 2.45) is 0 Å². The second-order valence-corrected chi connectivity index (χ2v) is 5.00. The molecule has 0 aliphatic heterocycles.